The highest BCUT2D eigenvalue weighted by atomic mass is 32.2. The molecule has 3 aromatic rings. The summed E-state index contributed by atoms with van der Waals surface area (Å²) in [6.07, 6.45) is 5.30. The number of hydrogen-bond acceptors (Lipinski definition) is 6. The molecule has 0 saturated heterocycles. The normalized spacial score (nSPS) is 18.2. The average molecular weight is 467 g/mol. The van der Waals surface area contributed by atoms with Crippen LogP contribution in [0.1, 0.15) is 33.8 Å². The van der Waals surface area contributed by atoms with E-state index in [0.29, 0.717) is 32.3 Å². The maximum Gasteiger partial charge on any atom is 0.256 e. The number of nitrogens with zero attached hydrogens (tertiary/aromatic N) is 1. The van der Waals surface area contributed by atoms with Crippen molar-refractivity contribution in [3.05, 3.63) is 75.4 Å². The lowest BCUT2D eigenvalue weighted by Crippen LogP contribution is -3.01. The van der Waals surface area contributed by atoms with E-state index < -0.39 is 15.5 Å². The van der Waals surface area contributed by atoms with Crippen LogP contribution in [0.5, 0.6) is 0 Å². The second kappa shape index (κ2) is 8.40. The number of rotatable bonds is 6. The standard InChI is InChI=1S/C22H18N4O4S2/c27-21(24-14-3-4-14)13-1-5-15(6-2-13)26(29)32(30)16-7-8-19-17(11-16)18(22(28)25-19)12-20-23-9-10-31-20/h1-2,5-12,14,26H,3-4H2,(H,24,27)(H,25,28)/b18-12+. The highest BCUT2D eigenvalue weighted by Gasteiger charge is 2.27. The summed E-state index contributed by atoms with van der Waals surface area (Å²) in [7, 11) is -1.97. The molecule has 0 bridgehead atoms. The first-order valence-corrected chi connectivity index (χ1v) is 12.0. The van der Waals surface area contributed by atoms with Crippen molar-refractivity contribution in [1.29, 1.82) is 0 Å². The van der Waals surface area contributed by atoms with E-state index in [2.05, 4.69) is 15.6 Å². The van der Waals surface area contributed by atoms with Crippen molar-refractivity contribution in [3.63, 3.8) is 0 Å². The van der Waals surface area contributed by atoms with Crippen molar-refractivity contribution in [2.45, 2.75) is 23.8 Å². The molecule has 32 heavy (non-hydrogen) atoms. The van der Waals surface area contributed by atoms with Crippen molar-refractivity contribution < 1.29 is 18.3 Å². The van der Waals surface area contributed by atoms with Gasteiger partial charge in [0.15, 0.2) is 0 Å². The molecule has 0 radical (unpaired) electrons. The molecular formula is C22H18N4O4S2. The molecule has 162 valence electrons. The summed E-state index contributed by atoms with van der Waals surface area (Å²) in [6, 6.07) is 11.2. The Kier molecular flexibility index (Phi) is 5.43. The summed E-state index contributed by atoms with van der Waals surface area (Å²) in [6.45, 7) is 0. The molecule has 2 aromatic carbocycles. The van der Waals surface area contributed by atoms with E-state index in [1.54, 1.807) is 42.6 Å². The van der Waals surface area contributed by atoms with Gasteiger partial charge in [-0.05, 0) is 49.2 Å². The molecule has 1 aliphatic heterocycles. The first kappa shape index (κ1) is 20.7. The van der Waals surface area contributed by atoms with Gasteiger partial charge in [-0.15, -0.1) is 11.3 Å². The van der Waals surface area contributed by atoms with E-state index in [1.807, 2.05) is 5.38 Å². The first-order chi connectivity index (χ1) is 15.5. The quantitative estimate of drug-likeness (QED) is 0.381. The van der Waals surface area contributed by atoms with Crippen LogP contribution in [-0.4, -0.2) is 27.0 Å². The van der Waals surface area contributed by atoms with Gasteiger partial charge in [0.05, 0.1) is 10.5 Å². The van der Waals surface area contributed by atoms with E-state index in [4.69, 9.17) is 0 Å². The predicted octanol–water partition coefficient (Wildman–Crippen LogP) is 2.26. The van der Waals surface area contributed by atoms with Gasteiger partial charge in [-0.1, -0.05) is 0 Å². The van der Waals surface area contributed by atoms with Gasteiger partial charge >= 0.3 is 0 Å². The number of aromatic nitrogens is 1. The number of carbonyl (C=O) groups is 2. The Hall–Kier alpha value is -3.18. The molecule has 2 heterocycles. The molecule has 2 amide bonds. The van der Waals surface area contributed by atoms with Crippen LogP contribution >= 0.6 is 11.3 Å². The van der Waals surface area contributed by atoms with E-state index in [9.17, 15) is 19.0 Å². The first-order valence-electron chi connectivity index (χ1n) is 9.93. The van der Waals surface area contributed by atoms with Crippen LogP contribution in [0.2, 0.25) is 0 Å². The average Bonchev–Trinajstić information content (AvgIpc) is 3.36. The van der Waals surface area contributed by atoms with Crippen LogP contribution in [0.25, 0.3) is 11.6 Å². The second-order valence-electron chi connectivity index (χ2n) is 7.47. The largest absolute Gasteiger partial charge is 0.614 e. The van der Waals surface area contributed by atoms with Gasteiger partial charge < -0.3 is 15.8 Å². The van der Waals surface area contributed by atoms with Crippen molar-refractivity contribution in [2.75, 3.05) is 5.32 Å². The second-order valence-corrected chi connectivity index (χ2v) is 9.78. The van der Waals surface area contributed by atoms with Crippen molar-refractivity contribution in [3.8, 4) is 0 Å². The van der Waals surface area contributed by atoms with Gasteiger partial charge in [0.1, 0.15) is 10.7 Å². The van der Waals surface area contributed by atoms with Crippen LogP contribution in [0, 0.1) is 5.21 Å². The fourth-order valence-electron chi connectivity index (χ4n) is 3.32. The van der Waals surface area contributed by atoms with Gasteiger partial charge in [-0.2, -0.15) is 4.21 Å². The fraction of sp³-hybridized carbons (Fsp3) is 0.136. The molecule has 1 aromatic heterocycles. The number of quaternary nitrogens is 1. The summed E-state index contributed by atoms with van der Waals surface area (Å²) in [4.78, 5) is 29.0. The van der Waals surface area contributed by atoms with Crippen molar-refractivity contribution in [1.82, 2.24) is 10.3 Å². The zero-order valence-electron chi connectivity index (χ0n) is 16.7. The topological polar surface area (TPSA) is 116 Å². The molecule has 2 atom stereocenters. The molecular weight excluding hydrogens is 448 g/mol. The van der Waals surface area contributed by atoms with E-state index in [1.165, 1.54) is 23.5 Å². The summed E-state index contributed by atoms with van der Waals surface area (Å²) in [5.74, 6) is -0.451. The smallest absolute Gasteiger partial charge is 0.256 e. The highest BCUT2D eigenvalue weighted by Crippen LogP contribution is 2.34. The molecule has 1 saturated carbocycles. The number of thiazole rings is 1. The van der Waals surface area contributed by atoms with Crippen LogP contribution in [-0.2, 0) is 15.8 Å². The number of anilines is 1. The highest BCUT2D eigenvalue weighted by molar-refractivity contribution is 7.78. The molecule has 2 unspecified atom stereocenters. The molecule has 3 N–H and O–H groups in total. The van der Waals surface area contributed by atoms with Crippen molar-refractivity contribution >= 4 is 57.2 Å². The van der Waals surface area contributed by atoms with Gasteiger partial charge in [0.25, 0.3) is 11.8 Å². The Bertz CT molecular complexity index is 1250. The van der Waals surface area contributed by atoms with Gasteiger partial charge in [-0.3, -0.25) is 14.1 Å². The molecule has 1 aliphatic carbocycles. The minimum Gasteiger partial charge on any atom is -0.614 e. The minimum atomic E-state index is -1.97. The summed E-state index contributed by atoms with van der Waals surface area (Å²) >= 11 is 1.40. The number of amides is 2. The predicted molar refractivity (Wildman–Crippen MR) is 122 cm³/mol. The zero-order valence-corrected chi connectivity index (χ0v) is 18.3. The monoisotopic (exact) mass is 466 g/mol. The third-order valence-electron chi connectivity index (χ3n) is 5.17. The molecule has 5 rings (SSSR count). The lowest BCUT2D eigenvalue weighted by molar-refractivity contribution is -0.618. The summed E-state index contributed by atoms with van der Waals surface area (Å²) in [5, 5.41) is 21.0. The lowest BCUT2D eigenvalue weighted by atomic mass is 10.1. The SMILES string of the molecule is O=C1Nc2ccc(S(=O)[NH+]([O-])c3ccc(C(=O)NC4CC4)cc3)cc2/C1=C\c1nccs1. The fourth-order valence-corrected chi connectivity index (χ4v) is 4.87. The Morgan fingerprint density at radius 2 is 2.03 bits per heavy atom. The number of nitrogens with one attached hydrogen (secondary N) is 3. The number of fused-ring (bicyclic) bond motifs is 1. The van der Waals surface area contributed by atoms with E-state index in [0.717, 1.165) is 12.8 Å². The third kappa shape index (κ3) is 4.13. The van der Waals surface area contributed by atoms with Gasteiger partial charge in [0.2, 0.25) is 11.0 Å². The molecule has 8 nitrogen and oxygen atoms in total. The van der Waals surface area contributed by atoms with Crippen molar-refractivity contribution in [2.24, 2.45) is 0 Å². The Labute approximate surface area is 190 Å². The number of carbonyl (C=O) groups excluding carboxylic acids is 2. The number of benzene rings is 2. The van der Waals surface area contributed by atoms with E-state index >= 15 is 0 Å². The molecule has 0 spiro atoms. The molecule has 1 fully saturated rings. The lowest BCUT2D eigenvalue weighted by Gasteiger charge is -2.20. The summed E-state index contributed by atoms with van der Waals surface area (Å²) < 4.78 is 12.4. The minimum absolute atomic E-state index is 0.178. The molecule has 2 aliphatic rings. The van der Waals surface area contributed by atoms with Crippen LogP contribution < -0.4 is 15.1 Å². The summed E-state index contributed by atoms with van der Waals surface area (Å²) in [5.41, 5.74) is 2.29. The zero-order chi connectivity index (χ0) is 22.2. The van der Waals surface area contributed by atoms with E-state index in [-0.39, 0.29) is 23.5 Å². The van der Waals surface area contributed by atoms with Crippen LogP contribution in [0.3, 0.4) is 0 Å². The Morgan fingerprint density at radius 1 is 1.25 bits per heavy atom. The molecule has 10 heteroatoms. The van der Waals surface area contributed by atoms with Crippen LogP contribution in [0.15, 0.2) is 58.9 Å². The van der Waals surface area contributed by atoms with Gasteiger partial charge in [-0.25, -0.2) is 4.98 Å². The maximum absolute atomic E-state index is 13.0. The number of hydrogen-bond donors (Lipinski definition) is 3. The Balaban J connectivity index is 1.37. The van der Waals surface area contributed by atoms with Gasteiger partial charge in [0, 0.05) is 46.6 Å². The Morgan fingerprint density at radius 3 is 2.72 bits per heavy atom. The third-order valence-corrected chi connectivity index (χ3v) is 7.15. The van der Waals surface area contributed by atoms with Crippen LogP contribution in [0.4, 0.5) is 11.4 Å². The maximum atomic E-state index is 13.0.